The third-order valence-electron chi connectivity index (χ3n) is 1.98. The molecule has 0 aliphatic heterocycles. The molecule has 0 rings (SSSR count). The van der Waals surface area contributed by atoms with Crippen LogP contribution in [0.25, 0.3) is 0 Å². The molecule has 1 atom stereocenters. The molecule has 5 nitrogen and oxygen atoms in total. The van der Waals surface area contributed by atoms with Crippen LogP contribution in [0.3, 0.4) is 0 Å². The monoisotopic (exact) mass is 203 g/mol. The number of aliphatic hydroxyl groups is 1. The number of nitrogens with one attached hydrogen (secondary N) is 1. The van der Waals surface area contributed by atoms with Crippen molar-refractivity contribution in [2.45, 2.75) is 26.0 Å². The van der Waals surface area contributed by atoms with Gasteiger partial charge < -0.3 is 15.6 Å². The lowest BCUT2D eigenvalue weighted by atomic mass is 10.3. The Labute approximate surface area is 85.3 Å². The Bertz CT molecular complexity index is 144. The molecular formula is C9H21N3O2. The van der Waals surface area contributed by atoms with Gasteiger partial charge in [-0.3, -0.25) is 10.2 Å². The number of aldehydes is 1. The summed E-state index contributed by atoms with van der Waals surface area (Å²) < 4.78 is 0. The van der Waals surface area contributed by atoms with Gasteiger partial charge in [0.15, 0.2) is 0 Å². The predicted octanol–water partition coefficient (Wildman–Crippen LogP) is -0.888. The summed E-state index contributed by atoms with van der Waals surface area (Å²) in [7, 11) is 0. The van der Waals surface area contributed by atoms with Crippen LogP contribution in [-0.4, -0.2) is 48.8 Å². The van der Waals surface area contributed by atoms with Crippen LogP contribution in [0, 0.1) is 0 Å². The summed E-state index contributed by atoms with van der Waals surface area (Å²) >= 11 is 0. The maximum atomic E-state index is 10.1. The molecule has 0 aromatic rings. The fourth-order valence-corrected chi connectivity index (χ4v) is 1.17. The number of carbonyl (C=O) groups excluding carboxylic acids is 1. The van der Waals surface area contributed by atoms with E-state index < -0.39 is 6.23 Å². The summed E-state index contributed by atoms with van der Waals surface area (Å²) in [5.74, 6) is 0. The highest BCUT2D eigenvalue weighted by Gasteiger charge is 2.06. The van der Waals surface area contributed by atoms with Gasteiger partial charge in [0.1, 0.15) is 12.5 Å². The maximum Gasteiger partial charge on any atom is 0.121 e. The van der Waals surface area contributed by atoms with E-state index in [-0.39, 0.29) is 0 Å². The Morgan fingerprint density at radius 2 is 2.29 bits per heavy atom. The van der Waals surface area contributed by atoms with E-state index in [1.165, 1.54) is 0 Å². The third-order valence-corrected chi connectivity index (χ3v) is 1.98. The van der Waals surface area contributed by atoms with Gasteiger partial charge in [0.05, 0.1) is 0 Å². The fraction of sp³-hybridized carbons (Fsp3) is 0.889. The van der Waals surface area contributed by atoms with Gasteiger partial charge in [-0.2, -0.15) is 0 Å². The molecule has 5 heteroatoms. The number of rotatable bonds is 9. The van der Waals surface area contributed by atoms with Crippen LogP contribution >= 0.6 is 0 Å². The number of carbonyl (C=O) groups is 1. The molecule has 0 radical (unpaired) electrons. The molecule has 0 saturated heterocycles. The van der Waals surface area contributed by atoms with Crippen molar-refractivity contribution in [3.05, 3.63) is 0 Å². The van der Waals surface area contributed by atoms with Crippen LogP contribution < -0.4 is 11.1 Å². The predicted molar refractivity (Wildman–Crippen MR) is 55.6 cm³/mol. The quantitative estimate of drug-likeness (QED) is 0.335. The zero-order chi connectivity index (χ0) is 10.8. The van der Waals surface area contributed by atoms with Gasteiger partial charge in [-0.1, -0.05) is 6.92 Å². The average molecular weight is 203 g/mol. The molecule has 0 amide bonds. The van der Waals surface area contributed by atoms with Gasteiger partial charge in [0.25, 0.3) is 0 Å². The van der Waals surface area contributed by atoms with Gasteiger partial charge in [0, 0.05) is 26.2 Å². The molecule has 0 aliphatic rings. The van der Waals surface area contributed by atoms with Gasteiger partial charge in [0.2, 0.25) is 0 Å². The SMILES string of the molecule is CCNC(O)CCN(CN)CCC=O. The minimum absolute atomic E-state index is 0.423. The number of hydrogen-bond acceptors (Lipinski definition) is 5. The molecule has 0 spiro atoms. The summed E-state index contributed by atoms with van der Waals surface area (Å²) in [6, 6.07) is 0. The molecule has 0 bridgehead atoms. The molecule has 14 heavy (non-hydrogen) atoms. The van der Waals surface area contributed by atoms with E-state index in [9.17, 15) is 9.90 Å². The van der Waals surface area contributed by atoms with Crippen molar-refractivity contribution in [2.75, 3.05) is 26.3 Å². The van der Waals surface area contributed by atoms with E-state index in [0.29, 0.717) is 32.6 Å². The summed E-state index contributed by atoms with van der Waals surface area (Å²) in [6.07, 6.45) is 1.52. The lowest BCUT2D eigenvalue weighted by molar-refractivity contribution is -0.108. The Morgan fingerprint density at radius 3 is 2.79 bits per heavy atom. The van der Waals surface area contributed by atoms with Crippen LogP contribution in [-0.2, 0) is 4.79 Å². The van der Waals surface area contributed by atoms with Crippen LogP contribution in [0.15, 0.2) is 0 Å². The molecule has 0 heterocycles. The topological polar surface area (TPSA) is 78.6 Å². The zero-order valence-corrected chi connectivity index (χ0v) is 8.78. The summed E-state index contributed by atoms with van der Waals surface area (Å²) in [6.45, 7) is 4.48. The van der Waals surface area contributed by atoms with E-state index in [1.807, 2.05) is 11.8 Å². The van der Waals surface area contributed by atoms with E-state index in [0.717, 1.165) is 12.8 Å². The highest BCUT2D eigenvalue weighted by molar-refractivity contribution is 5.49. The first kappa shape index (κ1) is 13.5. The smallest absolute Gasteiger partial charge is 0.121 e. The van der Waals surface area contributed by atoms with Crippen molar-refractivity contribution >= 4 is 6.29 Å². The van der Waals surface area contributed by atoms with E-state index in [1.54, 1.807) is 0 Å². The molecule has 0 aliphatic carbocycles. The maximum absolute atomic E-state index is 10.1. The van der Waals surface area contributed by atoms with Crippen molar-refractivity contribution in [1.82, 2.24) is 10.2 Å². The van der Waals surface area contributed by atoms with Crippen LogP contribution in [0.5, 0.6) is 0 Å². The van der Waals surface area contributed by atoms with Crippen molar-refractivity contribution in [2.24, 2.45) is 5.73 Å². The summed E-state index contributed by atoms with van der Waals surface area (Å²) in [5.41, 5.74) is 5.48. The van der Waals surface area contributed by atoms with Gasteiger partial charge >= 0.3 is 0 Å². The van der Waals surface area contributed by atoms with Crippen LogP contribution in [0.2, 0.25) is 0 Å². The number of hydrogen-bond donors (Lipinski definition) is 3. The van der Waals surface area contributed by atoms with Crippen LogP contribution in [0.1, 0.15) is 19.8 Å². The van der Waals surface area contributed by atoms with E-state index in [2.05, 4.69) is 5.32 Å². The Morgan fingerprint density at radius 1 is 1.57 bits per heavy atom. The minimum Gasteiger partial charge on any atom is -0.379 e. The molecule has 0 aromatic carbocycles. The second-order valence-electron chi connectivity index (χ2n) is 3.12. The molecular weight excluding hydrogens is 182 g/mol. The van der Waals surface area contributed by atoms with E-state index >= 15 is 0 Å². The summed E-state index contributed by atoms with van der Waals surface area (Å²) in [4.78, 5) is 12.1. The standard InChI is InChI=1S/C9H21N3O2/c1-2-11-9(14)4-6-12(8-10)5-3-7-13/h7,9,11,14H,2-6,8,10H2,1H3. The second kappa shape index (κ2) is 9.08. The second-order valence-corrected chi connectivity index (χ2v) is 3.12. The van der Waals surface area contributed by atoms with Gasteiger partial charge in [-0.05, 0) is 13.0 Å². The normalized spacial score (nSPS) is 13.1. The molecule has 84 valence electrons. The van der Waals surface area contributed by atoms with Gasteiger partial charge in [-0.25, -0.2) is 0 Å². The zero-order valence-electron chi connectivity index (χ0n) is 8.78. The minimum atomic E-state index is -0.481. The van der Waals surface area contributed by atoms with Crippen LogP contribution in [0.4, 0.5) is 0 Å². The van der Waals surface area contributed by atoms with Crippen molar-refractivity contribution in [3.63, 3.8) is 0 Å². The number of nitrogens with zero attached hydrogens (tertiary/aromatic N) is 1. The Hall–Kier alpha value is -0.490. The molecule has 4 N–H and O–H groups in total. The first-order valence-electron chi connectivity index (χ1n) is 5.02. The first-order valence-corrected chi connectivity index (χ1v) is 5.02. The lowest BCUT2D eigenvalue weighted by Gasteiger charge is -2.20. The largest absolute Gasteiger partial charge is 0.379 e. The van der Waals surface area contributed by atoms with Crippen molar-refractivity contribution in [1.29, 1.82) is 0 Å². The highest BCUT2D eigenvalue weighted by atomic mass is 16.3. The van der Waals surface area contributed by atoms with E-state index in [4.69, 9.17) is 5.73 Å². The lowest BCUT2D eigenvalue weighted by Crippen LogP contribution is -2.37. The third kappa shape index (κ3) is 6.97. The average Bonchev–Trinajstić information content (AvgIpc) is 2.19. The molecule has 1 unspecified atom stereocenters. The molecule has 0 aromatic heterocycles. The Balaban J connectivity index is 3.54. The number of aliphatic hydroxyl groups excluding tert-OH is 1. The molecule has 0 saturated carbocycles. The summed E-state index contributed by atoms with van der Waals surface area (Å²) in [5, 5.41) is 12.3. The fourth-order valence-electron chi connectivity index (χ4n) is 1.17. The molecule has 0 fully saturated rings. The van der Waals surface area contributed by atoms with Crippen molar-refractivity contribution < 1.29 is 9.90 Å². The number of nitrogens with two attached hydrogens (primary N) is 1. The van der Waals surface area contributed by atoms with Gasteiger partial charge in [-0.15, -0.1) is 0 Å². The highest BCUT2D eigenvalue weighted by Crippen LogP contribution is 1.93. The van der Waals surface area contributed by atoms with Crippen molar-refractivity contribution in [3.8, 4) is 0 Å². The first-order chi connectivity index (χ1) is 6.74. The Kier molecular flexibility index (Phi) is 8.76.